The van der Waals surface area contributed by atoms with E-state index in [9.17, 15) is 9.59 Å². The van der Waals surface area contributed by atoms with Crippen molar-refractivity contribution in [1.29, 1.82) is 0 Å². The predicted molar refractivity (Wildman–Crippen MR) is 67.7 cm³/mol. The molecule has 92 valence electrons. The van der Waals surface area contributed by atoms with Crippen molar-refractivity contribution in [2.24, 2.45) is 0 Å². The maximum atomic E-state index is 11.7. The number of ether oxygens (including phenoxy) is 1. The largest absolute Gasteiger partial charge is 0.464 e. The zero-order chi connectivity index (χ0) is 12.7. The number of benzene rings is 1. The van der Waals surface area contributed by atoms with Gasteiger partial charge in [0, 0.05) is 4.47 Å². The lowest BCUT2D eigenvalue weighted by molar-refractivity contribution is -0.142. The Balaban J connectivity index is 2.45. The molecule has 0 bridgehead atoms. The number of carbonyl (C=O) groups is 2. The second kappa shape index (κ2) is 7.06. The molecule has 1 aromatic carbocycles. The van der Waals surface area contributed by atoms with Gasteiger partial charge in [0.05, 0.1) is 12.2 Å². The van der Waals surface area contributed by atoms with Crippen molar-refractivity contribution in [3.05, 3.63) is 34.3 Å². The Bertz CT molecular complexity index is 406. The maximum Gasteiger partial charge on any atom is 0.325 e. The van der Waals surface area contributed by atoms with E-state index in [4.69, 9.17) is 4.74 Å². The van der Waals surface area contributed by atoms with Crippen LogP contribution < -0.4 is 5.32 Å². The van der Waals surface area contributed by atoms with Gasteiger partial charge in [-0.3, -0.25) is 9.59 Å². The van der Waals surface area contributed by atoms with Crippen molar-refractivity contribution >= 4 is 27.8 Å². The van der Waals surface area contributed by atoms with Gasteiger partial charge >= 0.3 is 5.97 Å². The Morgan fingerprint density at radius 1 is 1.35 bits per heavy atom. The molecular weight excluding hydrogens is 286 g/mol. The summed E-state index contributed by atoms with van der Waals surface area (Å²) in [4.78, 5) is 22.9. The van der Waals surface area contributed by atoms with E-state index in [1.165, 1.54) is 0 Å². The van der Waals surface area contributed by atoms with Gasteiger partial charge in [-0.1, -0.05) is 19.1 Å². The highest BCUT2D eigenvalue weighted by molar-refractivity contribution is 9.10. The monoisotopic (exact) mass is 299 g/mol. The molecule has 0 atom stereocenters. The molecule has 1 amide bonds. The number of amides is 1. The highest BCUT2D eigenvalue weighted by Gasteiger charge is 2.10. The van der Waals surface area contributed by atoms with Crippen molar-refractivity contribution in [2.75, 3.05) is 13.2 Å². The van der Waals surface area contributed by atoms with Crippen LogP contribution in [0.5, 0.6) is 0 Å². The van der Waals surface area contributed by atoms with Gasteiger partial charge in [0.2, 0.25) is 0 Å². The SMILES string of the molecule is CCCOC(=O)CNC(=O)c1ccccc1Br. The number of carbonyl (C=O) groups excluding carboxylic acids is 2. The Labute approximate surface area is 108 Å². The first-order valence-corrected chi connectivity index (χ1v) is 6.12. The zero-order valence-corrected chi connectivity index (χ0v) is 11.1. The molecule has 17 heavy (non-hydrogen) atoms. The van der Waals surface area contributed by atoms with E-state index in [1.54, 1.807) is 18.2 Å². The Kier molecular flexibility index (Phi) is 5.69. The summed E-state index contributed by atoms with van der Waals surface area (Å²) in [6, 6.07) is 7.02. The molecule has 0 aliphatic heterocycles. The van der Waals surface area contributed by atoms with Crippen LogP contribution in [0.25, 0.3) is 0 Å². The number of hydrogen-bond donors (Lipinski definition) is 1. The third kappa shape index (κ3) is 4.56. The number of nitrogens with one attached hydrogen (secondary N) is 1. The topological polar surface area (TPSA) is 55.4 Å². The zero-order valence-electron chi connectivity index (χ0n) is 9.53. The summed E-state index contributed by atoms with van der Waals surface area (Å²) >= 11 is 3.27. The van der Waals surface area contributed by atoms with E-state index >= 15 is 0 Å². The summed E-state index contributed by atoms with van der Waals surface area (Å²) in [5.41, 5.74) is 0.496. The first kappa shape index (κ1) is 13.7. The van der Waals surface area contributed by atoms with Crippen molar-refractivity contribution in [1.82, 2.24) is 5.32 Å². The van der Waals surface area contributed by atoms with Crippen LogP contribution in [0.2, 0.25) is 0 Å². The lowest BCUT2D eigenvalue weighted by Crippen LogP contribution is -2.30. The Morgan fingerprint density at radius 3 is 2.71 bits per heavy atom. The predicted octanol–water partition coefficient (Wildman–Crippen LogP) is 2.13. The van der Waals surface area contributed by atoms with Crippen LogP contribution in [-0.2, 0) is 9.53 Å². The van der Waals surface area contributed by atoms with Gasteiger partial charge in [-0.2, -0.15) is 0 Å². The molecule has 0 aromatic heterocycles. The van der Waals surface area contributed by atoms with Gasteiger partial charge in [0.15, 0.2) is 0 Å². The lowest BCUT2D eigenvalue weighted by atomic mass is 10.2. The van der Waals surface area contributed by atoms with Crippen LogP contribution in [-0.4, -0.2) is 25.0 Å². The van der Waals surface area contributed by atoms with Gasteiger partial charge in [-0.05, 0) is 34.5 Å². The lowest BCUT2D eigenvalue weighted by Gasteiger charge is -2.06. The average molecular weight is 300 g/mol. The number of esters is 1. The minimum Gasteiger partial charge on any atom is -0.464 e. The average Bonchev–Trinajstić information content (AvgIpc) is 2.34. The van der Waals surface area contributed by atoms with E-state index in [-0.39, 0.29) is 12.5 Å². The second-order valence-electron chi connectivity index (χ2n) is 3.38. The molecule has 0 unspecified atom stereocenters. The smallest absolute Gasteiger partial charge is 0.325 e. The summed E-state index contributed by atoms with van der Waals surface area (Å²) in [5, 5.41) is 2.50. The van der Waals surface area contributed by atoms with E-state index in [2.05, 4.69) is 21.2 Å². The summed E-state index contributed by atoms with van der Waals surface area (Å²) < 4.78 is 5.54. The van der Waals surface area contributed by atoms with Crippen LogP contribution in [0.4, 0.5) is 0 Å². The van der Waals surface area contributed by atoms with Crippen LogP contribution in [0.1, 0.15) is 23.7 Å². The molecule has 1 N–H and O–H groups in total. The molecular formula is C12H14BrNO3. The van der Waals surface area contributed by atoms with E-state index in [0.29, 0.717) is 16.6 Å². The fraction of sp³-hybridized carbons (Fsp3) is 0.333. The molecule has 0 radical (unpaired) electrons. The standard InChI is InChI=1S/C12H14BrNO3/c1-2-7-17-11(15)8-14-12(16)9-5-3-4-6-10(9)13/h3-6H,2,7-8H2,1H3,(H,14,16). The molecule has 0 aliphatic rings. The summed E-state index contributed by atoms with van der Waals surface area (Å²) in [6.45, 7) is 2.18. The van der Waals surface area contributed by atoms with Gasteiger partial charge < -0.3 is 10.1 Å². The highest BCUT2D eigenvalue weighted by Crippen LogP contribution is 2.15. The van der Waals surface area contributed by atoms with Crippen LogP contribution in [0.15, 0.2) is 28.7 Å². The molecule has 0 fully saturated rings. The molecule has 0 saturated heterocycles. The Morgan fingerprint density at radius 2 is 2.06 bits per heavy atom. The Hall–Kier alpha value is -1.36. The molecule has 1 aromatic rings. The van der Waals surface area contributed by atoms with Crippen molar-refractivity contribution in [2.45, 2.75) is 13.3 Å². The molecule has 0 saturated carbocycles. The van der Waals surface area contributed by atoms with Crippen molar-refractivity contribution in [3.8, 4) is 0 Å². The minimum absolute atomic E-state index is 0.111. The van der Waals surface area contributed by atoms with Crippen LogP contribution in [0.3, 0.4) is 0 Å². The fourth-order valence-electron chi connectivity index (χ4n) is 1.16. The third-order valence-corrected chi connectivity index (χ3v) is 2.67. The molecule has 4 nitrogen and oxygen atoms in total. The maximum absolute atomic E-state index is 11.7. The summed E-state index contributed by atoms with van der Waals surface area (Å²) in [5.74, 6) is -0.724. The van der Waals surface area contributed by atoms with Gasteiger partial charge in [-0.15, -0.1) is 0 Å². The third-order valence-electron chi connectivity index (χ3n) is 1.98. The van der Waals surface area contributed by atoms with Gasteiger partial charge in [0.1, 0.15) is 6.54 Å². The van der Waals surface area contributed by atoms with Gasteiger partial charge in [-0.25, -0.2) is 0 Å². The number of halogens is 1. The number of rotatable bonds is 5. The fourth-order valence-corrected chi connectivity index (χ4v) is 1.62. The van der Waals surface area contributed by atoms with Crippen LogP contribution >= 0.6 is 15.9 Å². The summed E-state index contributed by atoms with van der Waals surface area (Å²) in [7, 11) is 0. The van der Waals surface area contributed by atoms with Gasteiger partial charge in [0.25, 0.3) is 5.91 Å². The first-order valence-electron chi connectivity index (χ1n) is 5.33. The van der Waals surface area contributed by atoms with Crippen molar-refractivity contribution in [3.63, 3.8) is 0 Å². The molecule has 0 aliphatic carbocycles. The normalized spacial score (nSPS) is 9.76. The van der Waals surface area contributed by atoms with Crippen LogP contribution in [0, 0.1) is 0 Å². The van der Waals surface area contributed by atoms with Crippen molar-refractivity contribution < 1.29 is 14.3 Å². The van der Waals surface area contributed by atoms with E-state index in [0.717, 1.165) is 6.42 Å². The molecule has 5 heteroatoms. The first-order chi connectivity index (χ1) is 8.15. The highest BCUT2D eigenvalue weighted by atomic mass is 79.9. The molecule has 0 spiro atoms. The molecule has 0 heterocycles. The summed E-state index contributed by atoms with van der Waals surface area (Å²) in [6.07, 6.45) is 0.768. The number of hydrogen-bond acceptors (Lipinski definition) is 3. The minimum atomic E-state index is -0.424. The molecule has 1 rings (SSSR count). The quantitative estimate of drug-likeness (QED) is 0.848. The van der Waals surface area contributed by atoms with E-state index < -0.39 is 5.97 Å². The second-order valence-corrected chi connectivity index (χ2v) is 4.24. The van der Waals surface area contributed by atoms with E-state index in [1.807, 2.05) is 13.0 Å².